The summed E-state index contributed by atoms with van der Waals surface area (Å²) < 4.78 is 56.4. The van der Waals surface area contributed by atoms with Crippen LogP contribution >= 0.6 is 0 Å². The number of rotatable bonds is 0. The molecule has 0 radical (unpaired) electrons. The second-order valence-corrected chi connectivity index (χ2v) is 48.7. The van der Waals surface area contributed by atoms with Gasteiger partial charge in [0.2, 0.25) is 0 Å². The highest BCUT2D eigenvalue weighted by molar-refractivity contribution is 7.91. The Labute approximate surface area is 886 Å². The molecule has 14 nitrogen and oxygen atoms in total. The highest BCUT2D eigenvalue weighted by atomic mass is 32.2. The van der Waals surface area contributed by atoms with Crippen molar-refractivity contribution in [3.8, 4) is 0 Å². The first-order valence-corrected chi connectivity index (χ1v) is 66.8. The number of piperidine rings is 3. The van der Waals surface area contributed by atoms with Crippen molar-refractivity contribution in [3.63, 3.8) is 0 Å². The zero-order valence-corrected chi connectivity index (χ0v) is 96.2. The van der Waals surface area contributed by atoms with Gasteiger partial charge in [-0.05, 0) is 351 Å². The van der Waals surface area contributed by atoms with Crippen LogP contribution in [-0.2, 0) is 43.0 Å². The van der Waals surface area contributed by atoms with Gasteiger partial charge >= 0.3 is 0 Å². The van der Waals surface area contributed by atoms with Gasteiger partial charge < -0.3 is 59.7 Å². The van der Waals surface area contributed by atoms with E-state index in [0.29, 0.717) is 11.5 Å². The summed E-state index contributed by atoms with van der Waals surface area (Å²) in [5, 5.41) is 16.3. The van der Waals surface area contributed by atoms with E-state index < -0.39 is 9.84 Å². The second kappa shape index (κ2) is 111. The molecule has 0 aromatic rings. The van der Waals surface area contributed by atoms with E-state index in [1.54, 1.807) is 70.6 Å². The van der Waals surface area contributed by atoms with Crippen LogP contribution in [0.25, 0.3) is 0 Å². The van der Waals surface area contributed by atoms with Gasteiger partial charge in [0.25, 0.3) is 0 Å². The highest BCUT2D eigenvalue weighted by Gasteiger charge is 2.38. The SMILES string of the molecule is C1=CCCCC1.C1CC2CC(C1)C2.C1CC2CC(C1)C2.C1CCC2CC2C1.C1CCCC1.C1CCCC1.C1CCCCC1.C1CCCCC1.C1CCCCC1.C1CCCCC1.C1CCCCC1.C1CCNC1.C1CCNC1.C1CCNCC1.C1CCNCC1.C1CCNCC1.C1CCOC1.C1CCOC1.C1CCOC1.C1CCOCC1.C1CCOCC1.C1CCOCC1.C1CCOCC1.O=S1(=O)CCCCC1. The molecule has 15 heteroatoms. The predicted octanol–water partition coefficient (Wildman–Crippen LogP) is 35.1. The highest BCUT2D eigenvalue weighted by Crippen LogP contribution is 2.49. The monoisotopic (exact) mass is 2020 g/mol. The lowest BCUT2D eigenvalue weighted by atomic mass is 9.65. The number of allylic oxidation sites excluding steroid dienone is 2. The summed E-state index contributed by atoms with van der Waals surface area (Å²) in [6, 6.07) is 0. The molecule has 13 saturated heterocycles. The molecule has 16 aliphatic carbocycles. The molecule has 142 heavy (non-hydrogen) atoms. The molecular formula is C127H251N5O9S. The van der Waals surface area contributed by atoms with Gasteiger partial charge in [0.05, 0.1) is 11.5 Å². The van der Waals surface area contributed by atoms with Gasteiger partial charge in [0, 0.05) is 92.5 Å². The van der Waals surface area contributed by atoms with E-state index in [2.05, 4.69) is 38.7 Å². The van der Waals surface area contributed by atoms with Gasteiger partial charge in [0.1, 0.15) is 9.84 Å². The Bertz CT molecular complexity index is 1840. The molecule has 13 aliphatic heterocycles. The van der Waals surface area contributed by atoms with Gasteiger partial charge in [0.15, 0.2) is 0 Å². The van der Waals surface area contributed by atoms with Crippen molar-refractivity contribution >= 4 is 9.84 Å². The Morgan fingerprint density at radius 1 is 0.148 bits per heavy atom. The molecule has 4 bridgehead atoms. The van der Waals surface area contributed by atoms with Gasteiger partial charge in [-0.25, -0.2) is 8.42 Å². The van der Waals surface area contributed by atoms with E-state index in [9.17, 15) is 8.42 Å². The number of fused-ring (bicyclic) bond motifs is 5. The zero-order valence-electron chi connectivity index (χ0n) is 95.3. The molecule has 0 aromatic carbocycles. The normalized spacial score (nSPS) is 27.6. The number of hydrogen-bond donors (Lipinski definition) is 5. The standard InChI is InChI=1S/3C7H12.5C6H12.C6H10.3C5H11N.C5H10O2S.4C5H10O.2C5H10.2C4H9N.3C4H8O/c2*1-2-6-4-7(3-1)5-6;1-2-4-7-5-6(7)3-1;9*1-2-4-6-5-3-1;6-8(7)4-2-1-3-5-8;4*1-2-4-6-5-3-1;7*1-2-4-5-3-1/h3*6-7H,1-5H2;5*1-6H2;1-2H,3-6H2;3*6H,1-5H2;1-5H2;4*1-5H2;2*1-5H2;2*5H,1-4H2;3*1-4H2. The smallest absolute Gasteiger partial charge is 0.150 e. The quantitative estimate of drug-likeness (QED) is 0.146. The molecule has 0 aromatic heterocycles. The molecule has 0 amide bonds. The lowest BCUT2D eigenvalue weighted by Gasteiger charge is -2.40. The molecule has 13 heterocycles. The number of ether oxygens (including phenoxy) is 7. The first-order chi connectivity index (χ1) is 70.6. The van der Waals surface area contributed by atoms with Crippen LogP contribution in [0.2, 0.25) is 0 Å². The molecule has 0 spiro atoms. The fourth-order valence-electron chi connectivity index (χ4n) is 22.6. The van der Waals surface area contributed by atoms with E-state index >= 15 is 0 Å². The molecule has 29 aliphatic rings. The van der Waals surface area contributed by atoms with Crippen LogP contribution in [-0.4, -0.2) is 178 Å². The van der Waals surface area contributed by atoms with Crippen LogP contribution in [0.4, 0.5) is 0 Å². The van der Waals surface area contributed by atoms with E-state index in [0.717, 1.165) is 112 Å². The third-order valence-electron chi connectivity index (χ3n) is 32.5. The van der Waals surface area contributed by atoms with E-state index in [4.69, 9.17) is 33.2 Å². The van der Waals surface area contributed by atoms with Crippen LogP contribution in [0.3, 0.4) is 0 Å². The van der Waals surface area contributed by atoms with Crippen LogP contribution in [0.15, 0.2) is 12.2 Å². The van der Waals surface area contributed by atoms with Crippen molar-refractivity contribution in [2.24, 2.45) is 35.5 Å². The Kier molecular flexibility index (Phi) is 105. The number of nitrogens with one attached hydrogen (secondary N) is 5. The van der Waals surface area contributed by atoms with Crippen LogP contribution < -0.4 is 26.6 Å². The van der Waals surface area contributed by atoms with Gasteiger partial charge in [-0.2, -0.15) is 0 Å². The average molecular weight is 2020 g/mol. The summed E-state index contributed by atoms with van der Waals surface area (Å²) in [6.07, 6.45) is 138. The van der Waals surface area contributed by atoms with Crippen molar-refractivity contribution in [3.05, 3.63) is 12.2 Å². The van der Waals surface area contributed by atoms with Gasteiger partial charge in [-0.3, -0.25) is 0 Å². The summed E-state index contributed by atoms with van der Waals surface area (Å²) in [7, 11) is -2.58. The van der Waals surface area contributed by atoms with Crippen LogP contribution in [0, 0.1) is 35.5 Å². The fourth-order valence-corrected chi connectivity index (χ4v) is 24.1. The third kappa shape index (κ3) is 99.8. The van der Waals surface area contributed by atoms with Crippen LogP contribution in [0.5, 0.6) is 0 Å². The summed E-state index contributed by atoms with van der Waals surface area (Å²) in [5.41, 5.74) is 0. The molecule has 2 atom stereocenters. The summed E-state index contributed by atoms with van der Waals surface area (Å²) in [5.74, 6) is 7.97. The number of sulfone groups is 1. The Balaban J connectivity index is 0.000000309. The molecule has 29 rings (SSSR count). The predicted molar refractivity (Wildman–Crippen MR) is 618 cm³/mol. The fraction of sp³-hybridized carbons (Fsp3) is 0.984. The topological polar surface area (TPSA) is 159 Å². The molecule has 844 valence electrons. The van der Waals surface area contributed by atoms with Crippen molar-refractivity contribution in [1.29, 1.82) is 0 Å². The minimum absolute atomic E-state index is 0.424. The summed E-state index contributed by atoms with van der Waals surface area (Å²) in [6.45, 7) is 26.5. The van der Waals surface area contributed by atoms with Crippen molar-refractivity contribution < 1.29 is 41.6 Å². The maximum Gasteiger partial charge on any atom is 0.150 e. The molecular weight excluding hydrogens is 1770 g/mol. The van der Waals surface area contributed by atoms with Crippen molar-refractivity contribution in [1.82, 2.24) is 26.6 Å². The zero-order chi connectivity index (χ0) is 100. The van der Waals surface area contributed by atoms with Crippen molar-refractivity contribution in [2.75, 3.05) is 169 Å². The van der Waals surface area contributed by atoms with E-state index in [1.165, 1.54) is 608 Å². The maximum absolute atomic E-state index is 10.7. The summed E-state index contributed by atoms with van der Waals surface area (Å²) >= 11 is 0. The minimum atomic E-state index is -2.58. The average Bonchev–Trinajstić information content (AvgIpc) is 1.60. The van der Waals surface area contributed by atoms with E-state index in [1.807, 2.05) is 0 Å². The van der Waals surface area contributed by atoms with E-state index in [-0.39, 0.29) is 0 Å². The third-order valence-corrected chi connectivity index (χ3v) is 34.3. The Hall–Kier alpha value is -0.790. The van der Waals surface area contributed by atoms with Gasteiger partial charge in [-0.1, -0.05) is 359 Å². The first-order valence-electron chi connectivity index (χ1n) is 65.0. The molecule has 2 unspecified atom stereocenters. The van der Waals surface area contributed by atoms with Gasteiger partial charge in [-0.15, -0.1) is 0 Å². The Morgan fingerprint density at radius 3 is 0.380 bits per heavy atom. The summed E-state index contributed by atoms with van der Waals surface area (Å²) in [4.78, 5) is 0. The molecule has 15 saturated carbocycles. The maximum atomic E-state index is 10.7. The lowest BCUT2D eigenvalue weighted by Crippen LogP contribution is -2.28. The number of hydrogen-bond acceptors (Lipinski definition) is 14. The van der Waals surface area contributed by atoms with Crippen molar-refractivity contribution in [2.45, 2.75) is 597 Å². The molecule has 28 fully saturated rings. The second-order valence-electron chi connectivity index (χ2n) is 46.4. The Morgan fingerprint density at radius 2 is 0.296 bits per heavy atom. The molecule has 5 N–H and O–H groups in total. The lowest BCUT2D eigenvalue weighted by molar-refractivity contribution is 0.0967. The largest absolute Gasteiger partial charge is 0.381 e. The minimum Gasteiger partial charge on any atom is -0.381 e. The first kappa shape index (κ1) is 133. The van der Waals surface area contributed by atoms with Crippen LogP contribution in [0.1, 0.15) is 597 Å².